The van der Waals surface area contributed by atoms with Gasteiger partial charge in [0.15, 0.2) is 5.75 Å². The molecule has 1 unspecified atom stereocenters. The Hall–Kier alpha value is -1.02. The molecule has 1 N–H and O–H groups in total. The summed E-state index contributed by atoms with van der Waals surface area (Å²) in [6, 6.07) is 6.85. The Bertz CT molecular complexity index is 424. The molecule has 2 nitrogen and oxygen atoms in total. The summed E-state index contributed by atoms with van der Waals surface area (Å²) in [5.74, 6) is 0.984. The number of hydrogen-bond donors (Lipinski definition) is 1. The van der Waals surface area contributed by atoms with Crippen LogP contribution >= 0.6 is 0 Å². The van der Waals surface area contributed by atoms with Gasteiger partial charge in [-0.15, -0.1) is 5.48 Å². The fourth-order valence-electron chi connectivity index (χ4n) is 2.16. The molecule has 0 saturated heterocycles. The number of nitrogens with one attached hydrogen (secondary N) is 1. The van der Waals surface area contributed by atoms with E-state index < -0.39 is 0 Å². The van der Waals surface area contributed by atoms with Crippen molar-refractivity contribution in [2.45, 2.75) is 53.0 Å². The van der Waals surface area contributed by atoms with Crippen molar-refractivity contribution in [3.63, 3.8) is 0 Å². The van der Waals surface area contributed by atoms with Gasteiger partial charge < -0.3 is 4.84 Å². The Morgan fingerprint density at radius 2 is 1.71 bits per heavy atom. The van der Waals surface area contributed by atoms with E-state index in [0.717, 1.165) is 5.75 Å². The van der Waals surface area contributed by atoms with Gasteiger partial charge in [-0.1, -0.05) is 53.7 Å². The van der Waals surface area contributed by atoms with Gasteiger partial charge in [0.25, 0.3) is 0 Å². The predicted molar refractivity (Wildman–Crippen MR) is 71.1 cm³/mol. The quantitative estimate of drug-likeness (QED) is 0.732. The van der Waals surface area contributed by atoms with Crippen molar-refractivity contribution in [1.29, 1.82) is 0 Å². The first-order chi connectivity index (χ1) is 7.69. The molecule has 1 aliphatic rings. The summed E-state index contributed by atoms with van der Waals surface area (Å²) in [4.78, 5) is 5.62. The third kappa shape index (κ3) is 2.32. The van der Waals surface area contributed by atoms with Gasteiger partial charge >= 0.3 is 0 Å². The smallest absolute Gasteiger partial charge is 0.152 e. The standard InChI is InChI=1S/C15H23NO/c1-14(2,3)10-7-8-11-12(9-10)17-16-13(11)15(4,5)6/h7-9,13,16H,1-6H3. The minimum absolute atomic E-state index is 0.161. The second kappa shape index (κ2) is 3.74. The van der Waals surface area contributed by atoms with Gasteiger partial charge in [0.2, 0.25) is 0 Å². The minimum atomic E-state index is 0.161. The first-order valence-corrected chi connectivity index (χ1v) is 6.26. The lowest BCUT2D eigenvalue weighted by molar-refractivity contribution is 0.132. The molecule has 1 aliphatic heterocycles. The van der Waals surface area contributed by atoms with Crippen LogP contribution in [0.5, 0.6) is 5.75 Å². The zero-order chi connectivity index (χ0) is 12.8. The molecule has 2 heteroatoms. The zero-order valence-electron chi connectivity index (χ0n) is 11.7. The van der Waals surface area contributed by atoms with E-state index in [9.17, 15) is 0 Å². The van der Waals surface area contributed by atoms with Crippen molar-refractivity contribution in [2.75, 3.05) is 0 Å². The average molecular weight is 233 g/mol. The molecular formula is C15H23NO. The van der Waals surface area contributed by atoms with Crippen LogP contribution < -0.4 is 10.3 Å². The first kappa shape index (κ1) is 12.4. The Kier molecular flexibility index (Phi) is 2.74. The normalized spacial score (nSPS) is 20.0. The van der Waals surface area contributed by atoms with Crippen molar-refractivity contribution < 1.29 is 4.84 Å². The van der Waals surface area contributed by atoms with Crippen molar-refractivity contribution in [1.82, 2.24) is 5.48 Å². The van der Waals surface area contributed by atoms with E-state index in [1.807, 2.05) is 0 Å². The van der Waals surface area contributed by atoms with E-state index in [1.54, 1.807) is 0 Å². The van der Waals surface area contributed by atoms with Crippen LogP contribution in [0.15, 0.2) is 18.2 Å². The van der Waals surface area contributed by atoms with Crippen molar-refractivity contribution in [3.05, 3.63) is 29.3 Å². The second-order valence-corrected chi connectivity index (χ2v) is 7.02. The van der Waals surface area contributed by atoms with E-state index in [-0.39, 0.29) is 16.9 Å². The summed E-state index contributed by atoms with van der Waals surface area (Å²) in [7, 11) is 0. The molecule has 0 amide bonds. The molecule has 2 rings (SSSR count). The zero-order valence-corrected chi connectivity index (χ0v) is 11.7. The Morgan fingerprint density at radius 3 is 2.24 bits per heavy atom. The van der Waals surface area contributed by atoms with Crippen LogP contribution in [-0.4, -0.2) is 0 Å². The predicted octanol–water partition coefficient (Wildman–Crippen LogP) is 3.97. The molecule has 0 bridgehead atoms. The second-order valence-electron chi connectivity index (χ2n) is 7.02. The summed E-state index contributed by atoms with van der Waals surface area (Å²) >= 11 is 0. The summed E-state index contributed by atoms with van der Waals surface area (Å²) < 4.78 is 0. The highest BCUT2D eigenvalue weighted by Gasteiger charge is 2.34. The molecule has 1 aromatic rings. The maximum Gasteiger partial charge on any atom is 0.152 e. The molecule has 1 aromatic carbocycles. The molecule has 0 aromatic heterocycles. The summed E-state index contributed by atoms with van der Waals surface area (Å²) in [6.07, 6.45) is 0. The van der Waals surface area contributed by atoms with Crippen LogP contribution in [0.2, 0.25) is 0 Å². The number of rotatable bonds is 0. The molecule has 0 fully saturated rings. The molecule has 1 atom stereocenters. The van der Waals surface area contributed by atoms with E-state index in [4.69, 9.17) is 4.84 Å². The topological polar surface area (TPSA) is 21.3 Å². The molecule has 0 aliphatic carbocycles. The van der Waals surface area contributed by atoms with Crippen LogP contribution in [0, 0.1) is 5.41 Å². The summed E-state index contributed by atoms with van der Waals surface area (Å²) in [5.41, 5.74) is 6.05. The maximum atomic E-state index is 5.62. The lowest BCUT2D eigenvalue weighted by atomic mass is 9.81. The van der Waals surface area contributed by atoms with Gasteiger partial charge in [0, 0.05) is 5.56 Å². The monoisotopic (exact) mass is 233 g/mol. The Balaban J connectivity index is 2.39. The molecule has 0 spiro atoms. The van der Waals surface area contributed by atoms with E-state index >= 15 is 0 Å². The highest BCUT2D eigenvalue weighted by molar-refractivity contribution is 5.44. The fraction of sp³-hybridized carbons (Fsp3) is 0.600. The number of fused-ring (bicyclic) bond motifs is 1. The van der Waals surface area contributed by atoms with Gasteiger partial charge in [0.05, 0.1) is 6.04 Å². The van der Waals surface area contributed by atoms with Crippen LogP contribution in [0.25, 0.3) is 0 Å². The molecule has 17 heavy (non-hydrogen) atoms. The molecular weight excluding hydrogens is 210 g/mol. The van der Waals surface area contributed by atoms with Crippen molar-refractivity contribution in [3.8, 4) is 5.75 Å². The third-order valence-electron chi connectivity index (χ3n) is 3.34. The van der Waals surface area contributed by atoms with Crippen molar-refractivity contribution in [2.24, 2.45) is 5.41 Å². The highest BCUT2D eigenvalue weighted by Crippen LogP contribution is 2.42. The first-order valence-electron chi connectivity index (χ1n) is 6.26. The number of benzene rings is 1. The van der Waals surface area contributed by atoms with Crippen molar-refractivity contribution >= 4 is 0 Å². The van der Waals surface area contributed by atoms with Gasteiger partial charge in [-0.2, -0.15) is 0 Å². The lowest BCUT2D eigenvalue weighted by Crippen LogP contribution is -2.28. The molecule has 0 saturated carbocycles. The van der Waals surface area contributed by atoms with Gasteiger partial charge in [0.1, 0.15) is 0 Å². The molecule has 0 radical (unpaired) electrons. The number of hydroxylamine groups is 1. The Morgan fingerprint density at radius 1 is 1.06 bits per heavy atom. The summed E-state index contributed by atoms with van der Waals surface area (Å²) in [5, 5.41) is 0. The minimum Gasteiger partial charge on any atom is -0.408 e. The third-order valence-corrected chi connectivity index (χ3v) is 3.34. The number of hydrogen-bond acceptors (Lipinski definition) is 2. The largest absolute Gasteiger partial charge is 0.408 e. The van der Waals surface area contributed by atoms with E-state index in [1.165, 1.54) is 11.1 Å². The SMILES string of the molecule is CC(C)(C)c1ccc2c(c1)ONC2C(C)(C)C. The van der Waals surface area contributed by atoms with Gasteiger partial charge in [-0.05, 0) is 22.5 Å². The fourth-order valence-corrected chi connectivity index (χ4v) is 2.16. The van der Waals surface area contributed by atoms with Crippen LogP contribution in [0.1, 0.15) is 58.7 Å². The van der Waals surface area contributed by atoms with E-state index in [2.05, 4.69) is 65.2 Å². The average Bonchev–Trinajstić information content (AvgIpc) is 2.57. The lowest BCUT2D eigenvalue weighted by Gasteiger charge is -2.26. The van der Waals surface area contributed by atoms with Crippen LogP contribution in [-0.2, 0) is 5.41 Å². The van der Waals surface area contributed by atoms with Crippen LogP contribution in [0.4, 0.5) is 0 Å². The van der Waals surface area contributed by atoms with E-state index in [0.29, 0.717) is 0 Å². The van der Waals surface area contributed by atoms with Crippen LogP contribution in [0.3, 0.4) is 0 Å². The highest BCUT2D eigenvalue weighted by atomic mass is 16.7. The van der Waals surface area contributed by atoms with Gasteiger partial charge in [-0.3, -0.25) is 0 Å². The molecule has 1 heterocycles. The maximum absolute atomic E-state index is 5.62. The summed E-state index contributed by atoms with van der Waals surface area (Å²) in [6.45, 7) is 13.3. The Labute approximate surface area is 104 Å². The van der Waals surface area contributed by atoms with Gasteiger partial charge in [-0.25, -0.2) is 0 Å². The molecule has 94 valence electrons.